The molecule has 0 aliphatic carbocycles. The average Bonchev–Trinajstić information content (AvgIpc) is 1.96. The molecule has 0 spiro atoms. The zero-order valence-electron chi connectivity index (χ0n) is 7.01. The number of hydrogen-bond acceptors (Lipinski definition) is 3. The summed E-state index contributed by atoms with van der Waals surface area (Å²) in [5.74, 6) is -0.681. The average molecular weight is 183 g/mol. The Labute approximate surface area is 68.8 Å². The van der Waals surface area contributed by atoms with E-state index in [0.29, 0.717) is 0 Å². The number of rotatable bonds is 2. The lowest BCUT2D eigenvalue weighted by Gasteiger charge is -2.01. The predicted molar refractivity (Wildman–Crippen MR) is 33.7 cm³/mol. The first-order valence-corrected chi connectivity index (χ1v) is 2.84. The highest BCUT2D eigenvalue weighted by Gasteiger charge is 2.03. The van der Waals surface area contributed by atoms with Crippen LogP contribution in [0.1, 0.15) is 2.74 Å². The van der Waals surface area contributed by atoms with E-state index in [-0.39, 0.29) is 5.28 Å². The van der Waals surface area contributed by atoms with Gasteiger partial charge in [0, 0.05) is 0 Å². The first-order valence-electron chi connectivity index (χ1n) is 3.46. The molecule has 0 unspecified atom stereocenters. The maximum absolute atomic E-state index is 11.7. The van der Waals surface area contributed by atoms with Crippen molar-refractivity contribution in [1.29, 1.82) is 0 Å². The first kappa shape index (κ1) is 5.65. The van der Waals surface area contributed by atoms with Crippen molar-refractivity contribution in [2.75, 3.05) is 0 Å². The van der Waals surface area contributed by atoms with Crippen molar-refractivity contribution in [2.24, 2.45) is 0 Å². The van der Waals surface area contributed by atoms with Crippen molar-refractivity contribution in [1.82, 2.24) is 9.97 Å². The summed E-state index contributed by atoms with van der Waals surface area (Å²) in [6.45, 7) is -3.11. The van der Waals surface area contributed by atoms with Crippen LogP contribution >= 0.6 is 11.6 Å². The van der Waals surface area contributed by atoms with Crippen LogP contribution in [0.2, 0.25) is 5.28 Å². The van der Waals surface area contributed by atoms with Gasteiger partial charge in [0.2, 0.25) is 5.28 Å². The van der Waals surface area contributed by atoms with Gasteiger partial charge in [-0.15, -0.1) is 0 Å². The molecule has 0 saturated heterocycles. The number of halogens is 3. The van der Waals surface area contributed by atoms with Crippen molar-refractivity contribution < 1.29 is 16.3 Å². The minimum absolute atomic E-state index is 0.350. The minimum atomic E-state index is -3.11. The molecule has 1 aromatic heterocycles. The molecule has 0 bridgehead atoms. The molecular weight excluding hydrogens is 178 g/mol. The number of hydrogen-bond donors (Lipinski definition) is 0. The summed E-state index contributed by atoms with van der Waals surface area (Å²) >= 11 is 5.25. The van der Waals surface area contributed by atoms with Crippen molar-refractivity contribution in [3.05, 3.63) is 17.6 Å². The van der Waals surface area contributed by atoms with Gasteiger partial charge in [0.05, 0.1) is 15.1 Å². The molecule has 11 heavy (non-hydrogen) atoms. The van der Waals surface area contributed by atoms with Gasteiger partial charge in [-0.25, -0.2) is 9.97 Å². The van der Waals surface area contributed by atoms with Crippen LogP contribution in [0, 0.1) is 0 Å². The molecule has 0 amide bonds. The van der Waals surface area contributed by atoms with E-state index in [1.165, 1.54) is 0 Å². The van der Waals surface area contributed by atoms with Gasteiger partial charge in [-0.3, -0.25) is 0 Å². The summed E-state index contributed by atoms with van der Waals surface area (Å²) in [5, 5.41) is -0.350. The highest BCUT2D eigenvalue weighted by molar-refractivity contribution is 6.28. The quantitative estimate of drug-likeness (QED) is 0.654. The monoisotopic (exact) mass is 182 g/mol. The molecule has 0 fully saturated rings. The number of aromatic nitrogens is 2. The maximum Gasteiger partial charge on any atom is 0.387 e. The molecule has 0 atom stereocenters. The van der Waals surface area contributed by atoms with Crippen LogP contribution < -0.4 is 4.74 Å². The van der Waals surface area contributed by atoms with E-state index in [9.17, 15) is 8.78 Å². The van der Waals surface area contributed by atoms with E-state index in [1.807, 2.05) is 0 Å². The highest BCUT2D eigenvalue weighted by Crippen LogP contribution is 2.11. The zero-order chi connectivity index (χ0) is 10.0. The Morgan fingerprint density at radius 3 is 2.55 bits per heavy atom. The van der Waals surface area contributed by atoms with Crippen molar-refractivity contribution in [2.45, 2.75) is 6.61 Å². The molecule has 6 heteroatoms. The van der Waals surface area contributed by atoms with Crippen LogP contribution in [0.25, 0.3) is 0 Å². The topological polar surface area (TPSA) is 35.0 Å². The summed E-state index contributed by atoms with van der Waals surface area (Å²) in [4.78, 5) is 6.46. The lowest BCUT2D eigenvalue weighted by molar-refractivity contribution is -0.0503. The van der Waals surface area contributed by atoms with Crippen LogP contribution in [-0.2, 0) is 0 Å². The zero-order valence-corrected chi connectivity index (χ0v) is 5.77. The van der Waals surface area contributed by atoms with Gasteiger partial charge in [-0.2, -0.15) is 8.78 Å². The van der Waals surface area contributed by atoms with Crippen LogP contribution in [-0.4, -0.2) is 16.6 Å². The van der Waals surface area contributed by atoms with Crippen molar-refractivity contribution in [3.63, 3.8) is 0 Å². The largest absolute Gasteiger partial charge is 0.432 e. The van der Waals surface area contributed by atoms with Crippen molar-refractivity contribution >= 4 is 11.6 Å². The van der Waals surface area contributed by atoms with Gasteiger partial charge in [-0.1, -0.05) is 0 Å². The van der Waals surface area contributed by atoms with E-state index < -0.39 is 24.7 Å². The molecule has 3 nitrogen and oxygen atoms in total. The fourth-order valence-electron chi connectivity index (χ4n) is 0.386. The molecule has 0 saturated carbocycles. The third-order valence-corrected chi connectivity index (χ3v) is 0.875. The normalized spacial score (nSPS) is 12.7. The Kier molecular flexibility index (Phi) is 1.76. The van der Waals surface area contributed by atoms with Gasteiger partial charge in [0.15, 0.2) is 5.75 Å². The van der Waals surface area contributed by atoms with Crippen LogP contribution in [0.5, 0.6) is 5.75 Å². The summed E-state index contributed by atoms with van der Waals surface area (Å²) in [6.07, 6.45) is -1.27. The third kappa shape index (κ3) is 2.63. The molecule has 1 rings (SSSR count). The Morgan fingerprint density at radius 1 is 1.55 bits per heavy atom. The third-order valence-electron chi connectivity index (χ3n) is 0.706. The molecule has 0 N–H and O–H groups in total. The van der Waals surface area contributed by atoms with Gasteiger partial charge in [-0.05, 0) is 11.6 Å². The van der Waals surface area contributed by atoms with Crippen LogP contribution in [0.3, 0.4) is 0 Å². The Hall–Kier alpha value is -0.970. The second-order valence-corrected chi connectivity index (χ2v) is 1.76. The Balaban J connectivity index is 3.06. The Morgan fingerprint density at radius 2 is 2.09 bits per heavy atom. The van der Waals surface area contributed by atoms with Gasteiger partial charge < -0.3 is 4.74 Å². The van der Waals surface area contributed by atoms with E-state index >= 15 is 0 Å². The lowest BCUT2D eigenvalue weighted by atomic mass is 10.6. The minimum Gasteiger partial charge on any atom is -0.432 e. The smallest absolute Gasteiger partial charge is 0.387 e. The number of ether oxygens (including phenoxy) is 1. The fraction of sp³-hybridized carbons (Fsp3) is 0.200. The van der Waals surface area contributed by atoms with Gasteiger partial charge >= 0.3 is 6.61 Å². The van der Waals surface area contributed by atoms with Gasteiger partial charge in [0.25, 0.3) is 0 Å². The summed E-state index contributed by atoms with van der Waals surface area (Å²) < 4.78 is 41.3. The summed E-state index contributed by atoms with van der Waals surface area (Å²) in [7, 11) is 0. The SMILES string of the molecule is [2H]c1nc(Cl)nc([2H])c1OC(F)F. The first-order chi connectivity index (χ1) is 6.00. The molecule has 1 aromatic rings. The fourth-order valence-corrected chi connectivity index (χ4v) is 0.470. The van der Waals surface area contributed by atoms with E-state index in [1.54, 1.807) is 0 Å². The van der Waals surface area contributed by atoms with E-state index in [0.717, 1.165) is 0 Å². The standard InChI is InChI=1S/C5H3ClF2N2O/c6-4-9-1-3(2-10-4)11-5(7)8/h1-2,5H/i1D,2D. The highest BCUT2D eigenvalue weighted by atomic mass is 35.5. The second-order valence-electron chi connectivity index (χ2n) is 1.42. The van der Waals surface area contributed by atoms with E-state index in [4.69, 9.17) is 14.3 Å². The molecule has 0 radical (unpaired) electrons. The van der Waals surface area contributed by atoms with Crippen molar-refractivity contribution in [3.8, 4) is 5.75 Å². The number of nitrogens with zero attached hydrogens (tertiary/aromatic N) is 2. The summed E-state index contributed by atoms with van der Waals surface area (Å²) in [5.41, 5.74) is 0. The van der Waals surface area contributed by atoms with Crippen LogP contribution in [0.4, 0.5) is 8.78 Å². The molecular formula is C5H3ClF2N2O. The molecule has 0 aliphatic heterocycles. The predicted octanol–water partition coefficient (Wildman–Crippen LogP) is 1.73. The van der Waals surface area contributed by atoms with Crippen LogP contribution in [0.15, 0.2) is 12.3 Å². The Bertz CT molecular complexity index is 302. The molecule has 0 aliphatic rings. The maximum atomic E-state index is 11.7. The second kappa shape index (κ2) is 3.43. The van der Waals surface area contributed by atoms with E-state index in [2.05, 4.69) is 14.7 Å². The number of alkyl halides is 2. The molecule has 60 valence electrons. The molecule has 0 aromatic carbocycles. The lowest BCUT2D eigenvalue weighted by Crippen LogP contribution is -2.02. The van der Waals surface area contributed by atoms with Gasteiger partial charge in [0.1, 0.15) is 0 Å². The summed E-state index contributed by atoms with van der Waals surface area (Å²) in [6, 6.07) is 0. The molecule has 1 heterocycles.